The zero-order valence-electron chi connectivity index (χ0n) is 19.7. The third-order valence-corrected chi connectivity index (χ3v) is 6.59. The second-order valence-corrected chi connectivity index (χ2v) is 9.01. The van der Waals surface area contributed by atoms with Crippen molar-refractivity contribution in [1.29, 1.82) is 0 Å². The molecule has 2 aromatic carbocycles. The van der Waals surface area contributed by atoms with Gasteiger partial charge in [-0.2, -0.15) is 0 Å². The molecule has 2 atom stereocenters. The number of pyridine rings is 1. The van der Waals surface area contributed by atoms with Crippen LogP contribution >= 0.6 is 0 Å². The Bertz CT molecular complexity index is 1360. The Labute approximate surface area is 206 Å². The molecule has 1 fully saturated rings. The third kappa shape index (κ3) is 4.74. The Hall–Kier alpha value is -4.34. The summed E-state index contributed by atoms with van der Waals surface area (Å²) >= 11 is 0. The second kappa shape index (κ2) is 9.73. The highest BCUT2D eigenvalue weighted by molar-refractivity contribution is 6.00. The van der Waals surface area contributed by atoms with E-state index in [0.29, 0.717) is 36.8 Å². The molecule has 2 aliphatic heterocycles. The van der Waals surface area contributed by atoms with Crippen molar-refractivity contribution in [3.63, 3.8) is 0 Å². The fourth-order valence-electron chi connectivity index (χ4n) is 4.97. The van der Waals surface area contributed by atoms with Crippen molar-refractivity contribution in [2.24, 2.45) is 5.92 Å². The standard InChI is InChI=1S/C26H26FN5O4/c1-36-23-5-3-2-4-20(23)29-25(34)30-21-10-11-22-17-12-16(14-32(22)24(21)33)13-31(15-17)26(35)28-19-8-6-18(27)7-9-19/h2-11,16-17H,12-15H2,1H3,(H,28,35)(H2,29,30,34)/t16-,17-/m1/s1. The Morgan fingerprint density at radius 1 is 0.917 bits per heavy atom. The maximum Gasteiger partial charge on any atom is 0.323 e. The largest absolute Gasteiger partial charge is 0.495 e. The van der Waals surface area contributed by atoms with Crippen LogP contribution in [0.25, 0.3) is 0 Å². The number of fused-ring (bicyclic) bond motifs is 4. The minimum atomic E-state index is -0.545. The molecule has 3 N–H and O–H groups in total. The molecule has 10 heteroatoms. The van der Waals surface area contributed by atoms with Gasteiger partial charge in [-0.25, -0.2) is 14.0 Å². The minimum Gasteiger partial charge on any atom is -0.495 e. The number of carbonyl (C=O) groups is 2. The number of likely N-dealkylation sites (tertiary alicyclic amines) is 1. The van der Waals surface area contributed by atoms with Gasteiger partial charge in [0.15, 0.2) is 0 Å². The molecule has 3 aromatic rings. The number of nitrogens with one attached hydrogen (secondary N) is 3. The third-order valence-electron chi connectivity index (χ3n) is 6.59. The molecular formula is C26H26FN5O4. The summed E-state index contributed by atoms with van der Waals surface area (Å²) in [6.07, 6.45) is 0.876. The number of amides is 4. The van der Waals surface area contributed by atoms with Gasteiger partial charge in [-0.05, 0) is 60.9 Å². The van der Waals surface area contributed by atoms with Crippen LogP contribution in [0.4, 0.5) is 31.0 Å². The molecule has 0 aliphatic carbocycles. The average molecular weight is 492 g/mol. The molecule has 1 saturated heterocycles. The van der Waals surface area contributed by atoms with Gasteiger partial charge in [0.05, 0.1) is 12.8 Å². The van der Waals surface area contributed by atoms with Crippen LogP contribution in [-0.4, -0.2) is 41.7 Å². The van der Waals surface area contributed by atoms with Gasteiger partial charge in [-0.15, -0.1) is 0 Å². The lowest BCUT2D eigenvalue weighted by Crippen LogP contribution is -2.50. The molecule has 0 radical (unpaired) electrons. The van der Waals surface area contributed by atoms with E-state index in [1.807, 2.05) is 6.07 Å². The number of piperidine rings is 1. The van der Waals surface area contributed by atoms with E-state index in [0.717, 1.165) is 12.1 Å². The molecule has 3 heterocycles. The first-order valence-corrected chi connectivity index (χ1v) is 11.7. The first kappa shape index (κ1) is 23.4. The average Bonchev–Trinajstić information content (AvgIpc) is 2.87. The smallest absolute Gasteiger partial charge is 0.323 e. The lowest BCUT2D eigenvalue weighted by atomic mass is 9.83. The number of anilines is 3. The van der Waals surface area contributed by atoms with Crippen LogP contribution in [0, 0.1) is 11.7 Å². The van der Waals surface area contributed by atoms with Gasteiger partial charge in [0.25, 0.3) is 5.56 Å². The van der Waals surface area contributed by atoms with Crippen molar-refractivity contribution in [2.45, 2.75) is 18.9 Å². The predicted octanol–water partition coefficient (Wildman–Crippen LogP) is 4.29. The maximum absolute atomic E-state index is 13.2. The molecule has 0 saturated carbocycles. The number of nitrogens with zero attached hydrogens (tertiary/aromatic N) is 2. The van der Waals surface area contributed by atoms with E-state index in [9.17, 15) is 18.8 Å². The molecule has 36 heavy (non-hydrogen) atoms. The van der Waals surface area contributed by atoms with Gasteiger partial charge >= 0.3 is 12.1 Å². The molecule has 5 rings (SSSR count). The van der Waals surface area contributed by atoms with Crippen LogP contribution in [0.2, 0.25) is 0 Å². The molecule has 186 valence electrons. The van der Waals surface area contributed by atoms with E-state index in [1.165, 1.54) is 31.4 Å². The number of urea groups is 2. The zero-order chi connectivity index (χ0) is 25.2. The number of hydrogen-bond acceptors (Lipinski definition) is 4. The molecule has 0 spiro atoms. The van der Waals surface area contributed by atoms with Crippen LogP contribution in [-0.2, 0) is 6.54 Å². The fraction of sp³-hybridized carbons (Fsp3) is 0.269. The van der Waals surface area contributed by atoms with Crippen LogP contribution in [0.5, 0.6) is 5.75 Å². The van der Waals surface area contributed by atoms with Crippen molar-refractivity contribution in [1.82, 2.24) is 9.47 Å². The predicted molar refractivity (Wildman–Crippen MR) is 134 cm³/mol. The summed E-state index contributed by atoms with van der Waals surface area (Å²) in [5.74, 6) is 0.246. The maximum atomic E-state index is 13.2. The van der Waals surface area contributed by atoms with Crippen LogP contribution < -0.4 is 26.2 Å². The number of benzene rings is 2. The summed E-state index contributed by atoms with van der Waals surface area (Å²) in [5, 5.41) is 8.16. The summed E-state index contributed by atoms with van der Waals surface area (Å²) in [6.45, 7) is 1.42. The zero-order valence-corrected chi connectivity index (χ0v) is 19.7. The molecular weight excluding hydrogens is 465 g/mol. The lowest BCUT2D eigenvalue weighted by Gasteiger charge is -2.42. The SMILES string of the molecule is COc1ccccc1NC(=O)Nc1ccc2n(c1=O)C[C@@H]1C[C@@H]2CN(C(=O)Nc2ccc(F)cc2)C1. The second-order valence-electron chi connectivity index (χ2n) is 9.01. The van der Waals surface area contributed by atoms with Crippen molar-refractivity contribution >= 4 is 29.1 Å². The van der Waals surface area contributed by atoms with E-state index in [2.05, 4.69) is 16.0 Å². The van der Waals surface area contributed by atoms with E-state index in [1.54, 1.807) is 39.8 Å². The van der Waals surface area contributed by atoms with Crippen LogP contribution in [0.3, 0.4) is 0 Å². The number of carbonyl (C=O) groups excluding carboxylic acids is 2. The normalized spacial score (nSPS) is 18.1. The highest BCUT2D eigenvalue weighted by Gasteiger charge is 2.36. The summed E-state index contributed by atoms with van der Waals surface area (Å²) in [6, 6.07) is 15.3. The molecule has 2 aliphatic rings. The first-order valence-electron chi connectivity index (χ1n) is 11.7. The molecule has 2 bridgehead atoms. The number of halogens is 1. The van der Waals surface area contributed by atoms with E-state index in [4.69, 9.17) is 4.74 Å². The summed E-state index contributed by atoms with van der Waals surface area (Å²) in [7, 11) is 1.51. The summed E-state index contributed by atoms with van der Waals surface area (Å²) < 4.78 is 20.1. The first-order chi connectivity index (χ1) is 17.4. The molecule has 0 unspecified atom stereocenters. The van der Waals surface area contributed by atoms with Gasteiger partial charge < -0.3 is 30.2 Å². The number of para-hydroxylation sites is 2. The van der Waals surface area contributed by atoms with Gasteiger partial charge in [0, 0.05) is 36.9 Å². The Balaban J connectivity index is 1.28. The quantitative estimate of drug-likeness (QED) is 0.506. The van der Waals surface area contributed by atoms with Crippen molar-refractivity contribution in [3.8, 4) is 5.75 Å². The molecule has 1 aromatic heterocycles. The van der Waals surface area contributed by atoms with Gasteiger partial charge in [-0.3, -0.25) is 4.79 Å². The van der Waals surface area contributed by atoms with Gasteiger partial charge in [-0.1, -0.05) is 12.1 Å². The van der Waals surface area contributed by atoms with Crippen molar-refractivity contribution < 1.29 is 18.7 Å². The van der Waals surface area contributed by atoms with Gasteiger partial charge in [0.1, 0.15) is 17.3 Å². The monoisotopic (exact) mass is 491 g/mol. The van der Waals surface area contributed by atoms with E-state index >= 15 is 0 Å². The number of rotatable bonds is 4. The number of hydrogen-bond donors (Lipinski definition) is 3. The number of methoxy groups -OCH3 is 1. The molecule has 4 amide bonds. The summed E-state index contributed by atoms with van der Waals surface area (Å²) in [5.41, 5.74) is 1.75. The molecule has 9 nitrogen and oxygen atoms in total. The fourth-order valence-corrected chi connectivity index (χ4v) is 4.97. The minimum absolute atomic E-state index is 0.000578. The van der Waals surface area contributed by atoms with Crippen molar-refractivity contribution in [3.05, 3.63) is 82.5 Å². The lowest BCUT2D eigenvalue weighted by molar-refractivity contribution is 0.139. The Morgan fingerprint density at radius 2 is 1.67 bits per heavy atom. The highest BCUT2D eigenvalue weighted by Crippen LogP contribution is 2.35. The van der Waals surface area contributed by atoms with Crippen LogP contribution in [0.1, 0.15) is 18.0 Å². The topological polar surface area (TPSA) is 105 Å². The van der Waals surface area contributed by atoms with Crippen molar-refractivity contribution in [2.75, 3.05) is 36.1 Å². The number of aromatic nitrogens is 1. The van der Waals surface area contributed by atoms with E-state index in [-0.39, 0.29) is 34.9 Å². The Morgan fingerprint density at radius 3 is 2.44 bits per heavy atom. The van der Waals surface area contributed by atoms with Crippen LogP contribution in [0.15, 0.2) is 65.5 Å². The van der Waals surface area contributed by atoms with Gasteiger partial charge in [0.2, 0.25) is 0 Å². The summed E-state index contributed by atoms with van der Waals surface area (Å²) in [4.78, 5) is 40.3. The van der Waals surface area contributed by atoms with E-state index < -0.39 is 6.03 Å². The number of ether oxygens (including phenoxy) is 1. The highest BCUT2D eigenvalue weighted by atomic mass is 19.1. The Kier molecular flexibility index (Phi) is 6.32.